The minimum Gasteiger partial charge on any atom is -0.369 e. The van der Waals surface area contributed by atoms with Crippen molar-refractivity contribution < 1.29 is 9.18 Å². The van der Waals surface area contributed by atoms with E-state index >= 15 is 0 Å². The molecule has 1 rings (SSSR count). The molecule has 24 heavy (non-hydrogen) atoms. The first-order valence-electron chi connectivity index (χ1n) is 8.25. The van der Waals surface area contributed by atoms with Crippen LogP contribution in [0.5, 0.6) is 0 Å². The quantitative estimate of drug-likeness (QED) is 0.324. The summed E-state index contributed by atoms with van der Waals surface area (Å²) in [4.78, 5) is 18.6. The smallest absolute Gasteiger partial charge is 0.148 e. The first-order valence-corrected chi connectivity index (χ1v) is 8.25. The summed E-state index contributed by atoms with van der Waals surface area (Å²) in [6, 6.07) is 5.23. The number of rotatable bonds is 7. The van der Waals surface area contributed by atoms with Crippen LogP contribution in [-0.4, -0.2) is 32.3 Å². The molecule has 0 heterocycles. The van der Waals surface area contributed by atoms with E-state index in [1.807, 2.05) is 37.9 Å². The molecule has 0 aliphatic carbocycles. The van der Waals surface area contributed by atoms with Gasteiger partial charge in [-0.25, -0.2) is 9.38 Å². The predicted octanol–water partition coefficient (Wildman–Crippen LogP) is 4.27. The van der Waals surface area contributed by atoms with Crippen molar-refractivity contribution in [3.63, 3.8) is 0 Å². The Balaban J connectivity index is 3.05. The van der Waals surface area contributed by atoms with Crippen molar-refractivity contribution in [1.82, 2.24) is 0 Å². The van der Waals surface area contributed by atoms with Crippen molar-refractivity contribution in [2.75, 3.05) is 29.9 Å². The van der Waals surface area contributed by atoms with Crippen LogP contribution in [0.2, 0.25) is 0 Å². The number of aliphatic imine (C=N–C) groups is 1. The number of allylic oxidation sites excluding steroid dienone is 2. The Morgan fingerprint density at radius 2 is 2.00 bits per heavy atom. The van der Waals surface area contributed by atoms with E-state index in [-0.39, 0.29) is 5.82 Å². The average Bonchev–Trinajstić information content (AvgIpc) is 2.52. The van der Waals surface area contributed by atoms with E-state index < -0.39 is 0 Å². The topological polar surface area (TPSA) is 35.9 Å². The zero-order chi connectivity index (χ0) is 18.3. The third kappa shape index (κ3) is 5.48. The molecule has 0 aliphatic rings. The van der Waals surface area contributed by atoms with Crippen molar-refractivity contribution in [1.29, 1.82) is 0 Å². The van der Waals surface area contributed by atoms with Gasteiger partial charge < -0.3 is 9.80 Å². The SMILES string of the molecule is CCN(CC(C)C)c1ccc(N(C)C(C)=N/C(C)=C\C=O)cc1F. The molecule has 0 N–H and O–H groups in total. The molecular formula is C19H28FN3O. The van der Waals surface area contributed by atoms with Gasteiger partial charge in [-0.1, -0.05) is 13.8 Å². The van der Waals surface area contributed by atoms with Gasteiger partial charge >= 0.3 is 0 Å². The maximum Gasteiger partial charge on any atom is 0.148 e. The molecule has 0 aromatic heterocycles. The summed E-state index contributed by atoms with van der Waals surface area (Å²) < 4.78 is 14.6. The van der Waals surface area contributed by atoms with E-state index in [2.05, 4.69) is 18.8 Å². The average molecular weight is 333 g/mol. The molecule has 0 saturated carbocycles. The van der Waals surface area contributed by atoms with Gasteiger partial charge in [-0.05, 0) is 51.0 Å². The number of benzene rings is 1. The van der Waals surface area contributed by atoms with Crippen molar-refractivity contribution in [3.05, 3.63) is 35.8 Å². The second-order valence-electron chi connectivity index (χ2n) is 6.23. The van der Waals surface area contributed by atoms with Crippen molar-refractivity contribution in [2.45, 2.75) is 34.6 Å². The van der Waals surface area contributed by atoms with Crippen LogP contribution in [0.3, 0.4) is 0 Å². The summed E-state index contributed by atoms with van der Waals surface area (Å²) in [6.07, 6.45) is 2.10. The van der Waals surface area contributed by atoms with E-state index in [1.54, 1.807) is 11.8 Å². The molecule has 132 valence electrons. The summed E-state index contributed by atoms with van der Waals surface area (Å²) in [5.41, 5.74) is 1.95. The maximum atomic E-state index is 14.6. The van der Waals surface area contributed by atoms with E-state index in [0.717, 1.165) is 18.8 Å². The fraction of sp³-hybridized carbons (Fsp3) is 0.474. The largest absolute Gasteiger partial charge is 0.369 e. The molecule has 0 aliphatic heterocycles. The predicted molar refractivity (Wildman–Crippen MR) is 100 cm³/mol. The van der Waals surface area contributed by atoms with E-state index in [0.29, 0.717) is 29.4 Å². The number of aldehydes is 1. The molecule has 0 bridgehead atoms. The number of hydrogen-bond acceptors (Lipinski definition) is 3. The van der Waals surface area contributed by atoms with Crippen LogP contribution >= 0.6 is 0 Å². The van der Waals surface area contributed by atoms with Crippen LogP contribution < -0.4 is 9.80 Å². The Kier molecular flexibility index (Phi) is 7.62. The fourth-order valence-electron chi connectivity index (χ4n) is 2.45. The van der Waals surface area contributed by atoms with Crippen LogP contribution in [0.25, 0.3) is 0 Å². The first kappa shape index (κ1) is 19.9. The zero-order valence-corrected chi connectivity index (χ0v) is 15.5. The highest BCUT2D eigenvalue weighted by atomic mass is 19.1. The Morgan fingerprint density at radius 3 is 2.50 bits per heavy atom. The van der Waals surface area contributed by atoms with E-state index in [1.165, 1.54) is 12.1 Å². The number of halogens is 1. The highest BCUT2D eigenvalue weighted by molar-refractivity contribution is 5.96. The Labute approximate surface area is 144 Å². The van der Waals surface area contributed by atoms with Gasteiger partial charge in [-0.2, -0.15) is 0 Å². The fourth-order valence-corrected chi connectivity index (χ4v) is 2.45. The highest BCUT2D eigenvalue weighted by Crippen LogP contribution is 2.25. The van der Waals surface area contributed by atoms with Crippen molar-refractivity contribution in [3.8, 4) is 0 Å². The van der Waals surface area contributed by atoms with Gasteiger partial charge in [0.2, 0.25) is 0 Å². The zero-order valence-electron chi connectivity index (χ0n) is 15.5. The number of nitrogens with zero attached hydrogens (tertiary/aromatic N) is 3. The molecule has 4 nitrogen and oxygen atoms in total. The number of hydrogen-bond donors (Lipinski definition) is 0. The molecule has 0 radical (unpaired) electrons. The lowest BCUT2D eigenvalue weighted by molar-refractivity contribution is -0.104. The molecule has 0 amide bonds. The highest BCUT2D eigenvalue weighted by Gasteiger charge is 2.14. The Morgan fingerprint density at radius 1 is 1.33 bits per heavy atom. The van der Waals surface area contributed by atoms with Gasteiger partial charge in [0.1, 0.15) is 17.9 Å². The molecule has 0 spiro atoms. The molecule has 5 heteroatoms. The summed E-state index contributed by atoms with van der Waals surface area (Å²) in [5.74, 6) is 0.913. The van der Waals surface area contributed by atoms with Gasteiger partial charge in [-0.3, -0.25) is 4.79 Å². The van der Waals surface area contributed by atoms with Gasteiger partial charge in [0.15, 0.2) is 0 Å². The van der Waals surface area contributed by atoms with Gasteiger partial charge in [0.05, 0.1) is 5.69 Å². The number of carbonyl (C=O) groups excluding carboxylic acids is 1. The third-order valence-electron chi connectivity index (χ3n) is 3.76. The molecule has 0 unspecified atom stereocenters. The number of anilines is 2. The molecule has 1 aromatic rings. The lowest BCUT2D eigenvalue weighted by Gasteiger charge is -2.27. The minimum absolute atomic E-state index is 0.241. The van der Waals surface area contributed by atoms with Crippen molar-refractivity contribution in [2.24, 2.45) is 10.9 Å². The summed E-state index contributed by atoms with van der Waals surface area (Å²) in [5, 5.41) is 0. The molecular weight excluding hydrogens is 305 g/mol. The van der Waals surface area contributed by atoms with Crippen LogP contribution in [0.4, 0.5) is 15.8 Å². The Bertz CT molecular complexity index is 623. The van der Waals surface area contributed by atoms with Crippen molar-refractivity contribution >= 4 is 23.5 Å². The monoisotopic (exact) mass is 333 g/mol. The third-order valence-corrected chi connectivity index (χ3v) is 3.76. The second kappa shape index (κ2) is 9.21. The van der Waals surface area contributed by atoms with Gasteiger partial charge in [0.25, 0.3) is 0 Å². The number of amidine groups is 1. The summed E-state index contributed by atoms with van der Waals surface area (Å²) in [7, 11) is 1.83. The molecule has 0 atom stereocenters. The van der Waals surface area contributed by atoms with Gasteiger partial charge in [0, 0.05) is 31.5 Å². The minimum atomic E-state index is -0.241. The lowest BCUT2D eigenvalue weighted by atomic mass is 10.1. The molecule has 1 aromatic carbocycles. The van der Waals surface area contributed by atoms with Crippen LogP contribution in [0, 0.1) is 11.7 Å². The normalized spacial score (nSPS) is 12.5. The van der Waals surface area contributed by atoms with E-state index in [9.17, 15) is 9.18 Å². The molecule has 0 saturated heterocycles. The van der Waals surface area contributed by atoms with Crippen LogP contribution in [-0.2, 0) is 4.79 Å². The number of carbonyl (C=O) groups is 1. The molecule has 0 fully saturated rings. The first-order chi connectivity index (χ1) is 11.3. The Hall–Kier alpha value is -2.17. The summed E-state index contributed by atoms with van der Waals surface area (Å²) in [6.45, 7) is 11.4. The second-order valence-corrected chi connectivity index (χ2v) is 6.23. The lowest BCUT2D eigenvalue weighted by Crippen LogP contribution is -2.28. The van der Waals surface area contributed by atoms with Crippen LogP contribution in [0.15, 0.2) is 35.0 Å². The van der Waals surface area contributed by atoms with E-state index in [4.69, 9.17) is 0 Å². The van der Waals surface area contributed by atoms with Crippen LogP contribution in [0.1, 0.15) is 34.6 Å². The standard InChI is InChI=1S/C19H28FN3O/c1-7-23(13-14(2)3)19-9-8-17(12-18(19)20)22(6)16(5)21-15(4)10-11-24/h8-12,14H,7,13H2,1-6H3/b15-10-,21-16?. The van der Waals surface area contributed by atoms with Gasteiger partial charge in [-0.15, -0.1) is 0 Å². The summed E-state index contributed by atoms with van der Waals surface area (Å²) >= 11 is 0. The maximum absolute atomic E-state index is 14.6.